The predicted molar refractivity (Wildman–Crippen MR) is 116 cm³/mol. The third-order valence-electron chi connectivity index (χ3n) is 6.17. The molecule has 0 amide bonds. The number of aliphatic carboxylic acids is 1. The minimum atomic E-state index is -1.15. The van der Waals surface area contributed by atoms with Gasteiger partial charge >= 0.3 is 5.97 Å². The molecule has 3 N–H and O–H groups in total. The van der Waals surface area contributed by atoms with Crippen LogP contribution in [0.4, 0.5) is 4.39 Å². The Morgan fingerprint density at radius 2 is 1.84 bits per heavy atom. The lowest BCUT2D eigenvalue weighted by molar-refractivity contribution is -0.139. The molecule has 1 aliphatic carbocycles. The molecule has 0 spiro atoms. The van der Waals surface area contributed by atoms with Crippen molar-refractivity contribution in [1.29, 1.82) is 0 Å². The van der Waals surface area contributed by atoms with E-state index < -0.39 is 36.8 Å². The number of pyridine rings is 1. The van der Waals surface area contributed by atoms with Gasteiger partial charge in [-0.2, -0.15) is 0 Å². The first-order valence-corrected chi connectivity index (χ1v) is 10.8. The van der Waals surface area contributed by atoms with Crippen LogP contribution in [0.5, 0.6) is 0 Å². The molecule has 166 valence electrons. The summed E-state index contributed by atoms with van der Waals surface area (Å²) in [5.74, 6) is -1.13. The molecule has 2 fully saturated rings. The Hall–Kier alpha value is -2.87. The molecule has 1 aliphatic heterocycles. The minimum Gasteiger partial charge on any atom is -0.481 e. The number of benzene rings is 2. The van der Waals surface area contributed by atoms with Crippen LogP contribution in [0.1, 0.15) is 49.0 Å². The number of carboxylic acid groups (broad SMARTS) is 1. The molecule has 2 unspecified atom stereocenters. The first-order chi connectivity index (χ1) is 15.4. The predicted octanol–water partition coefficient (Wildman–Crippen LogP) is 3.94. The van der Waals surface area contributed by atoms with E-state index in [9.17, 15) is 19.4 Å². The van der Waals surface area contributed by atoms with Gasteiger partial charge in [0.25, 0.3) is 0 Å². The molecule has 7 heteroatoms. The number of hydrogen-bond acceptors (Lipinski definition) is 5. The summed E-state index contributed by atoms with van der Waals surface area (Å²) in [5, 5.41) is 30.3. The number of ether oxygens (including phenoxy) is 1. The number of carboxylic acids is 1. The molecule has 1 saturated carbocycles. The standard InChI is InChI=1S/C25H24FNO5/c26-15-9-7-13(8-10-15)21-17-3-1-2-4-18(17)27-23(14-5-6-14)22(21)25-24(32-25)19(29)11-16(28)12-20(30)31/h1-4,7-10,14,16,19,24-25,28-29H,5-6,11-12H2,(H,30,31)/t16-,19-,24?,25?/m0/s1. The van der Waals surface area contributed by atoms with Crippen molar-refractivity contribution in [2.24, 2.45) is 0 Å². The molecule has 0 bridgehead atoms. The number of epoxide rings is 1. The van der Waals surface area contributed by atoms with Gasteiger partial charge in [0.1, 0.15) is 18.0 Å². The van der Waals surface area contributed by atoms with Crippen molar-refractivity contribution in [3.63, 3.8) is 0 Å². The number of rotatable bonds is 8. The number of aliphatic hydroxyl groups is 2. The lowest BCUT2D eigenvalue weighted by atomic mass is 9.89. The first kappa shape index (κ1) is 21.0. The van der Waals surface area contributed by atoms with Crippen molar-refractivity contribution < 1.29 is 29.2 Å². The van der Waals surface area contributed by atoms with Gasteiger partial charge in [0.2, 0.25) is 0 Å². The van der Waals surface area contributed by atoms with E-state index in [-0.39, 0.29) is 12.2 Å². The summed E-state index contributed by atoms with van der Waals surface area (Å²) in [5.41, 5.74) is 4.45. The van der Waals surface area contributed by atoms with E-state index in [0.717, 1.165) is 46.1 Å². The van der Waals surface area contributed by atoms with Gasteiger partial charge in [-0.1, -0.05) is 30.3 Å². The molecule has 32 heavy (non-hydrogen) atoms. The summed E-state index contributed by atoms with van der Waals surface area (Å²) < 4.78 is 19.6. The molecule has 5 rings (SSSR count). The number of carbonyl (C=O) groups is 1. The molecule has 2 aromatic carbocycles. The summed E-state index contributed by atoms with van der Waals surface area (Å²) >= 11 is 0. The zero-order valence-electron chi connectivity index (χ0n) is 17.3. The molecule has 2 heterocycles. The Labute approximate surface area is 184 Å². The third kappa shape index (κ3) is 4.11. The van der Waals surface area contributed by atoms with Crippen LogP contribution < -0.4 is 0 Å². The average Bonchev–Trinajstić information content (AvgIpc) is 3.66. The van der Waals surface area contributed by atoms with Crippen LogP contribution in [0.2, 0.25) is 0 Å². The fourth-order valence-electron chi connectivity index (χ4n) is 4.48. The van der Waals surface area contributed by atoms with Crippen molar-refractivity contribution in [1.82, 2.24) is 4.98 Å². The van der Waals surface area contributed by atoms with Crippen molar-refractivity contribution in [3.8, 4) is 11.1 Å². The molecular weight excluding hydrogens is 413 g/mol. The highest BCUT2D eigenvalue weighted by atomic mass is 19.1. The summed E-state index contributed by atoms with van der Waals surface area (Å²) in [6.07, 6.45) is -1.60. The Morgan fingerprint density at radius 1 is 1.12 bits per heavy atom. The molecular formula is C25H24FNO5. The number of halogens is 1. The van der Waals surface area contributed by atoms with E-state index >= 15 is 0 Å². The van der Waals surface area contributed by atoms with Crippen molar-refractivity contribution in [2.75, 3.05) is 0 Å². The van der Waals surface area contributed by atoms with Crippen molar-refractivity contribution in [2.45, 2.75) is 56.0 Å². The van der Waals surface area contributed by atoms with Crippen LogP contribution in [0.15, 0.2) is 48.5 Å². The van der Waals surface area contributed by atoms with Gasteiger partial charge in [-0.3, -0.25) is 9.78 Å². The maximum atomic E-state index is 13.6. The second-order valence-electron chi connectivity index (χ2n) is 8.66. The number of nitrogens with zero attached hydrogens (tertiary/aromatic N) is 1. The van der Waals surface area contributed by atoms with Crippen molar-refractivity contribution in [3.05, 3.63) is 65.6 Å². The second-order valence-corrected chi connectivity index (χ2v) is 8.66. The Morgan fingerprint density at radius 3 is 2.53 bits per heavy atom. The highest BCUT2D eigenvalue weighted by molar-refractivity contribution is 5.97. The summed E-state index contributed by atoms with van der Waals surface area (Å²) in [4.78, 5) is 15.8. The first-order valence-electron chi connectivity index (χ1n) is 10.8. The van der Waals surface area contributed by atoms with E-state index in [1.807, 2.05) is 24.3 Å². The highest BCUT2D eigenvalue weighted by Gasteiger charge is 2.49. The van der Waals surface area contributed by atoms with E-state index in [2.05, 4.69) is 0 Å². The zero-order valence-corrected chi connectivity index (χ0v) is 17.3. The maximum absolute atomic E-state index is 13.6. The van der Waals surface area contributed by atoms with Crippen LogP contribution in [0, 0.1) is 5.82 Å². The van der Waals surface area contributed by atoms with Gasteiger partial charge in [0, 0.05) is 23.3 Å². The molecule has 2 aliphatic rings. The quantitative estimate of drug-likeness (QED) is 0.461. The smallest absolute Gasteiger partial charge is 0.305 e. The van der Waals surface area contributed by atoms with Gasteiger partial charge in [-0.15, -0.1) is 0 Å². The van der Waals surface area contributed by atoms with Crippen LogP contribution in [0.25, 0.3) is 22.0 Å². The number of fused-ring (bicyclic) bond motifs is 1. The number of hydrogen-bond donors (Lipinski definition) is 3. The third-order valence-corrected chi connectivity index (χ3v) is 6.17. The molecule has 1 saturated heterocycles. The highest BCUT2D eigenvalue weighted by Crippen LogP contribution is 2.53. The van der Waals surface area contributed by atoms with Gasteiger partial charge < -0.3 is 20.1 Å². The molecule has 0 radical (unpaired) electrons. The monoisotopic (exact) mass is 437 g/mol. The summed E-state index contributed by atoms with van der Waals surface area (Å²) in [6.45, 7) is 0. The lowest BCUT2D eigenvalue weighted by Crippen LogP contribution is -2.25. The minimum absolute atomic E-state index is 0.0842. The lowest BCUT2D eigenvalue weighted by Gasteiger charge is -2.17. The van der Waals surface area contributed by atoms with E-state index in [1.54, 1.807) is 12.1 Å². The maximum Gasteiger partial charge on any atom is 0.305 e. The average molecular weight is 437 g/mol. The topological polar surface area (TPSA) is 103 Å². The van der Waals surface area contributed by atoms with Gasteiger partial charge in [-0.05, 0) is 42.2 Å². The summed E-state index contributed by atoms with van der Waals surface area (Å²) in [7, 11) is 0. The van der Waals surface area contributed by atoms with Gasteiger partial charge in [-0.25, -0.2) is 4.39 Å². The molecule has 1 aromatic heterocycles. The zero-order chi connectivity index (χ0) is 22.4. The number of aromatic nitrogens is 1. The Balaban J connectivity index is 1.57. The number of para-hydroxylation sites is 1. The molecule has 4 atom stereocenters. The second kappa shape index (κ2) is 8.24. The van der Waals surface area contributed by atoms with E-state index in [1.165, 1.54) is 12.1 Å². The fourth-order valence-corrected chi connectivity index (χ4v) is 4.48. The van der Waals surface area contributed by atoms with Gasteiger partial charge in [0.05, 0.1) is 29.8 Å². The van der Waals surface area contributed by atoms with Crippen molar-refractivity contribution >= 4 is 16.9 Å². The Kier molecular flexibility index (Phi) is 5.41. The molecule has 3 aromatic rings. The van der Waals surface area contributed by atoms with Gasteiger partial charge in [0.15, 0.2) is 0 Å². The molecule has 6 nitrogen and oxygen atoms in total. The Bertz CT molecular complexity index is 1160. The van der Waals surface area contributed by atoms with E-state index in [4.69, 9.17) is 14.8 Å². The fraction of sp³-hybridized carbons (Fsp3) is 0.360. The normalized spacial score (nSPS) is 22.0. The summed E-state index contributed by atoms with van der Waals surface area (Å²) in [6, 6.07) is 14.1. The SMILES string of the molecule is O=C(O)C[C@@H](O)C[C@H](O)C1OC1c1c(C2CC2)nc2ccccc2c1-c1ccc(F)cc1. The van der Waals surface area contributed by atoms with E-state index in [0.29, 0.717) is 5.92 Å². The van der Waals surface area contributed by atoms with Crippen LogP contribution in [-0.2, 0) is 9.53 Å². The number of aliphatic hydroxyl groups excluding tert-OH is 2. The van der Waals surface area contributed by atoms with Crippen LogP contribution in [-0.4, -0.2) is 44.6 Å². The van der Waals surface area contributed by atoms with Crippen LogP contribution in [0.3, 0.4) is 0 Å². The largest absolute Gasteiger partial charge is 0.481 e. The van der Waals surface area contributed by atoms with Crippen LogP contribution >= 0.6 is 0 Å².